The van der Waals surface area contributed by atoms with E-state index in [1.165, 1.54) is 5.69 Å². The van der Waals surface area contributed by atoms with E-state index in [1.807, 2.05) is 24.3 Å². The number of anilines is 2. The van der Waals surface area contributed by atoms with Gasteiger partial charge in [0.15, 0.2) is 0 Å². The maximum Gasteiger partial charge on any atom is 0.260 e. The number of imide groups is 1. The lowest BCUT2D eigenvalue weighted by molar-refractivity contribution is -0.114. The zero-order valence-electron chi connectivity index (χ0n) is 16.2. The minimum atomic E-state index is -0.393. The Hall–Kier alpha value is -3.38. The van der Waals surface area contributed by atoms with Gasteiger partial charge in [0.25, 0.3) is 11.8 Å². The van der Waals surface area contributed by atoms with Crippen LogP contribution in [0.5, 0.6) is 0 Å². The van der Waals surface area contributed by atoms with Crippen LogP contribution in [-0.2, 0) is 4.79 Å². The first-order valence-corrected chi connectivity index (χ1v) is 9.76. The molecule has 0 radical (unpaired) electrons. The molecule has 0 bridgehead atoms. The number of piperazine rings is 1. The molecule has 1 fully saturated rings. The molecule has 2 aliphatic heterocycles. The molecule has 2 aromatic rings. The number of hydrogen-bond acceptors (Lipinski definition) is 5. The monoisotopic (exact) mass is 388 g/mol. The van der Waals surface area contributed by atoms with Gasteiger partial charge in [-0.25, -0.2) is 0 Å². The fourth-order valence-corrected chi connectivity index (χ4v) is 3.71. The summed E-state index contributed by atoms with van der Waals surface area (Å²) in [4.78, 5) is 29.0. The summed E-state index contributed by atoms with van der Waals surface area (Å²) in [5.41, 5.74) is 3.66. The van der Waals surface area contributed by atoms with Crippen molar-refractivity contribution in [3.63, 3.8) is 0 Å². The smallest absolute Gasteiger partial charge is 0.260 e. The average Bonchev–Trinajstić information content (AvgIpc) is 2.75. The highest BCUT2D eigenvalue weighted by Crippen LogP contribution is 2.25. The van der Waals surface area contributed by atoms with Crippen LogP contribution in [0.1, 0.15) is 15.9 Å². The van der Waals surface area contributed by atoms with Gasteiger partial charge in [0.1, 0.15) is 0 Å². The molecule has 4 rings (SSSR count). The molecule has 0 spiro atoms. The van der Waals surface area contributed by atoms with Crippen LogP contribution in [0, 0.1) is 0 Å². The third-order valence-corrected chi connectivity index (χ3v) is 5.31. The van der Waals surface area contributed by atoms with E-state index in [0.717, 1.165) is 38.4 Å². The van der Waals surface area contributed by atoms with Crippen molar-refractivity contribution in [1.82, 2.24) is 10.2 Å². The zero-order chi connectivity index (χ0) is 20.2. The molecule has 6 nitrogen and oxygen atoms in total. The van der Waals surface area contributed by atoms with E-state index < -0.39 is 5.91 Å². The standard InChI is InChI=1S/C23H24N4O2/c1-2-11-26-12-14-27(15-13-26)18-9-7-17(8-10-18)24-16-21-19-5-3-4-6-20(19)22(28)25-23(21)29/h2-10,16,24H,1,11-15H2,(H,25,28,29). The number of nitrogens with zero attached hydrogens (tertiary/aromatic N) is 2. The Balaban J connectivity index is 1.44. The Morgan fingerprint density at radius 2 is 1.62 bits per heavy atom. The van der Waals surface area contributed by atoms with Crippen molar-refractivity contribution in [3.05, 3.63) is 78.5 Å². The van der Waals surface area contributed by atoms with Crippen LogP contribution in [0.3, 0.4) is 0 Å². The van der Waals surface area contributed by atoms with Crippen LogP contribution < -0.4 is 15.5 Å². The molecule has 0 aliphatic carbocycles. The van der Waals surface area contributed by atoms with Crippen LogP contribution in [0.4, 0.5) is 11.4 Å². The molecule has 0 aromatic heterocycles. The number of fused-ring (bicyclic) bond motifs is 1. The van der Waals surface area contributed by atoms with Gasteiger partial charge in [-0.2, -0.15) is 0 Å². The van der Waals surface area contributed by atoms with E-state index in [-0.39, 0.29) is 5.91 Å². The van der Waals surface area contributed by atoms with Gasteiger partial charge in [-0.05, 0) is 30.3 Å². The summed E-state index contributed by atoms with van der Waals surface area (Å²) in [6, 6.07) is 15.3. The van der Waals surface area contributed by atoms with E-state index in [4.69, 9.17) is 0 Å². The lowest BCUT2D eigenvalue weighted by atomic mass is 9.96. The molecular weight excluding hydrogens is 364 g/mol. The fourth-order valence-electron chi connectivity index (χ4n) is 3.71. The van der Waals surface area contributed by atoms with Gasteiger partial charge in [-0.3, -0.25) is 19.8 Å². The summed E-state index contributed by atoms with van der Waals surface area (Å²) in [6.45, 7) is 8.80. The highest BCUT2D eigenvalue weighted by atomic mass is 16.2. The largest absolute Gasteiger partial charge is 0.369 e. The van der Waals surface area contributed by atoms with Crippen molar-refractivity contribution in [3.8, 4) is 0 Å². The van der Waals surface area contributed by atoms with Crippen LogP contribution in [0.25, 0.3) is 5.57 Å². The molecule has 0 atom stereocenters. The third-order valence-electron chi connectivity index (χ3n) is 5.31. The minimum absolute atomic E-state index is 0.361. The Kier molecular flexibility index (Phi) is 5.44. The van der Waals surface area contributed by atoms with Gasteiger partial charge in [-0.15, -0.1) is 6.58 Å². The maximum atomic E-state index is 12.3. The van der Waals surface area contributed by atoms with Gasteiger partial charge in [0.05, 0.1) is 5.57 Å². The molecular formula is C23H24N4O2. The number of benzene rings is 2. The fraction of sp³-hybridized carbons (Fsp3) is 0.217. The Labute approximate surface area is 170 Å². The second kappa shape index (κ2) is 8.32. The number of carbonyl (C=O) groups excluding carboxylic acids is 2. The van der Waals surface area contributed by atoms with Gasteiger partial charge >= 0.3 is 0 Å². The number of hydrogen-bond donors (Lipinski definition) is 2. The van der Waals surface area contributed by atoms with E-state index in [0.29, 0.717) is 16.7 Å². The van der Waals surface area contributed by atoms with Crippen molar-refractivity contribution in [2.75, 3.05) is 42.9 Å². The van der Waals surface area contributed by atoms with Crippen LogP contribution in [-0.4, -0.2) is 49.4 Å². The van der Waals surface area contributed by atoms with Gasteiger partial charge in [-0.1, -0.05) is 24.3 Å². The molecule has 2 aliphatic rings. The molecule has 6 heteroatoms. The SMILES string of the molecule is C=CCN1CCN(c2ccc(NC=C3C(=O)NC(=O)c4ccccc43)cc2)CC1. The second-order valence-electron chi connectivity index (χ2n) is 7.15. The minimum Gasteiger partial charge on any atom is -0.369 e. The van der Waals surface area contributed by atoms with E-state index >= 15 is 0 Å². The highest BCUT2D eigenvalue weighted by molar-refractivity contribution is 6.31. The number of amides is 2. The van der Waals surface area contributed by atoms with Gasteiger partial charge in [0, 0.05) is 61.4 Å². The first kappa shape index (κ1) is 19.0. The molecule has 2 N–H and O–H groups in total. The maximum absolute atomic E-state index is 12.3. The van der Waals surface area contributed by atoms with Gasteiger partial charge < -0.3 is 10.2 Å². The van der Waals surface area contributed by atoms with E-state index in [9.17, 15) is 9.59 Å². The Morgan fingerprint density at radius 1 is 0.931 bits per heavy atom. The predicted molar refractivity (Wildman–Crippen MR) is 116 cm³/mol. The van der Waals surface area contributed by atoms with Crippen molar-refractivity contribution in [2.24, 2.45) is 0 Å². The van der Waals surface area contributed by atoms with Crippen LogP contribution in [0.2, 0.25) is 0 Å². The summed E-state index contributed by atoms with van der Waals surface area (Å²) < 4.78 is 0. The number of carbonyl (C=O) groups is 2. The third kappa shape index (κ3) is 4.07. The summed E-state index contributed by atoms with van der Waals surface area (Å²) >= 11 is 0. The molecule has 148 valence electrons. The quantitative estimate of drug-likeness (QED) is 0.468. The van der Waals surface area contributed by atoms with Crippen molar-refractivity contribution in [1.29, 1.82) is 0 Å². The van der Waals surface area contributed by atoms with Crippen molar-refractivity contribution >= 4 is 28.8 Å². The highest BCUT2D eigenvalue weighted by Gasteiger charge is 2.26. The summed E-state index contributed by atoms with van der Waals surface area (Å²) in [7, 11) is 0. The first-order chi connectivity index (χ1) is 14.2. The molecule has 0 unspecified atom stereocenters. The summed E-state index contributed by atoms with van der Waals surface area (Å²) in [5, 5.41) is 5.57. The normalized spacial score (nSPS) is 18.3. The molecule has 2 amide bonds. The number of rotatable bonds is 5. The van der Waals surface area contributed by atoms with E-state index in [2.05, 4.69) is 39.1 Å². The van der Waals surface area contributed by atoms with E-state index in [1.54, 1.807) is 24.4 Å². The van der Waals surface area contributed by atoms with Crippen LogP contribution in [0.15, 0.2) is 67.4 Å². The van der Waals surface area contributed by atoms with Crippen LogP contribution >= 0.6 is 0 Å². The van der Waals surface area contributed by atoms with Gasteiger partial charge in [0.2, 0.25) is 0 Å². The summed E-state index contributed by atoms with van der Waals surface area (Å²) in [6.07, 6.45) is 3.61. The van der Waals surface area contributed by atoms with Crippen molar-refractivity contribution in [2.45, 2.75) is 0 Å². The Morgan fingerprint density at radius 3 is 2.31 bits per heavy atom. The molecule has 0 saturated carbocycles. The lowest BCUT2D eigenvalue weighted by Gasteiger charge is -2.35. The number of nitrogens with one attached hydrogen (secondary N) is 2. The lowest BCUT2D eigenvalue weighted by Crippen LogP contribution is -2.46. The molecule has 2 aromatic carbocycles. The Bertz CT molecular complexity index is 957. The predicted octanol–water partition coefficient (Wildman–Crippen LogP) is 2.72. The van der Waals surface area contributed by atoms with Crippen molar-refractivity contribution < 1.29 is 9.59 Å². The molecule has 29 heavy (non-hydrogen) atoms. The molecule has 1 saturated heterocycles. The second-order valence-corrected chi connectivity index (χ2v) is 7.15. The topological polar surface area (TPSA) is 64.7 Å². The first-order valence-electron chi connectivity index (χ1n) is 9.76. The molecule has 2 heterocycles. The average molecular weight is 388 g/mol. The summed E-state index contributed by atoms with van der Waals surface area (Å²) in [5.74, 6) is -0.754. The zero-order valence-corrected chi connectivity index (χ0v) is 16.2.